The van der Waals surface area contributed by atoms with Gasteiger partial charge in [0.05, 0.1) is 19.2 Å². The van der Waals surface area contributed by atoms with Crippen LogP contribution < -0.4 is 10.6 Å². The summed E-state index contributed by atoms with van der Waals surface area (Å²) >= 11 is 1.47. The molecule has 21 heavy (non-hydrogen) atoms. The first-order valence-electron chi connectivity index (χ1n) is 7.19. The summed E-state index contributed by atoms with van der Waals surface area (Å²) in [5.74, 6) is 0.479. The Morgan fingerprint density at radius 3 is 2.71 bits per heavy atom. The van der Waals surface area contributed by atoms with Gasteiger partial charge >= 0.3 is 6.03 Å². The second-order valence-electron chi connectivity index (χ2n) is 5.91. The molecule has 0 saturated carbocycles. The quantitative estimate of drug-likeness (QED) is 0.689. The van der Waals surface area contributed by atoms with E-state index in [1.807, 2.05) is 24.4 Å². The lowest BCUT2D eigenvalue weighted by Crippen LogP contribution is -2.47. The molecule has 2 unspecified atom stereocenters. The summed E-state index contributed by atoms with van der Waals surface area (Å²) in [5.41, 5.74) is -1.05. The first-order chi connectivity index (χ1) is 9.81. The van der Waals surface area contributed by atoms with E-state index in [0.29, 0.717) is 19.1 Å². The maximum absolute atomic E-state index is 11.8. The molecule has 1 aromatic heterocycles. The van der Waals surface area contributed by atoms with Gasteiger partial charge in [0.2, 0.25) is 0 Å². The van der Waals surface area contributed by atoms with Crippen molar-refractivity contribution in [2.75, 3.05) is 19.8 Å². The summed E-state index contributed by atoms with van der Waals surface area (Å²) < 4.78 is 5.47. The summed E-state index contributed by atoms with van der Waals surface area (Å²) in [6.07, 6.45) is 0. The van der Waals surface area contributed by atoms with Gasteiger partial charge in [-0.25, -0.2) is 4.79 Å². The van der Waals surface area contributed by atoms with Crippen molar-refractivity contribution < 1.29 is 14.6 Å². The van der Waals surface area contributed by atoms with Gasteiger partial charge in [-0.1, -0.05) is 19.9 Å². The minimum atomic E-state index is -1.05. The van der Waals surface area contributed by atoms with Crippen LogP contribution in [-0.2, 0) is 10.3 Å². The third-order valence-corrected chi connectivity index (χ3v) is 3.96. The Kier molecular flexibility index (Phi) is 7.14. The number of nitrogens with one attached hydrogen (secondary N) is 2. The number of carbonyl (C=O) groups is 1. The fourth-order valence-electron chi connectivity index (χ4n) is 1.72. The molecule has 3 N–H and O–H groups in total. The highest BCUT2D eigenvalue weighted by molar-refractivity contribution is 7.10. The zero-order valence-corrected chi connectivity index (χ0v) is 14.0. The Hall–Kier alpha value is -1.11. The van der Waals surface area contributed by atoms with Gasteiger partial charge in [-0.15, -0.1) is 11.3 Å². The number of hydrogen-bond donors (Lipinski definition) is 3. The van der Waals surface area contributed by atoms with E-state index in [1.165, 1.54) is 11.3 Å². The Morgan fingerprint density at radius 2 is 2.14 bits per heavy atom. The molecule has 1 heterocycles. The summed E-state index contributed by atoms with van der Waals surface area (Å²) in [5, 5.41) is 17.7. The van der Waals surface area contributed by atoms with Crippen molar-refractivity contribution in [3.63, 3.8) is 0 Å². The molecule has 0 aliphatic heterocycles. The highest BCUT2D eigenvalue weighted by Gasteiger charge is 2.25. The minimum Gasteiger partial charge on any atom is -0.383 e. The number of urea groups is 1. The van der Waals surface area contributed by atoms with Crippen LogP contribution in [0.1, 0.15) is 32.6 Å². The van der Waals surface area contributed by atoms with Gasteiger partial charge in [0, 0.05) is 11.5 Å². The van der Waals surface area contributed by atoms with E-state index < -0.39 is 5.60 Å². The minimum absolute atomic E-state index is 0.0737. The SMILES string of the molecule is CC(C)COCC(C)NC(=O)NCC(C)(O)c1cccs1. The number of amides is 2. The van der Waals surface area contributed by atoms with Gasteiger partial charge in [0.15, 0.2) is 0 Å². The van der Waals surface area contributed by atoms with Gasteiger partial charge in [-0.05, 0) is 31.2 Å². The first-order valence-corrected chi connectivity index (χ1v) is 8.07. The van der Waals surface area contributed by atoms with E-state index in [-0.39, 0.29) is 18.6 Å². The van der Waals surface area contributed by atoms with E-state index in [1.54, 1.807) is 6.92 Å². The van der Waals surface area contributed by atoms with Crippen LogP contribution in [-0.4, -0.2) is 36.9 Å². The van der Waals surface area contributed by atoms with Crippen LogP contribution in [0.5, 0.6) is 0 Å². The molecule has 0 bridgehead atoms. The van der Waals surface area contributed by atoms with Crippen LogP contribution in [0.2, 0.25) is 0 Å². The molecule has 0 saturated heterocycles. The molecule has 2 amide bonds. The summed E-state index contributed by atoms with van der Waals surface area (Å²) in [7, 11) is 0. The molecule has 5 nitrogen and oxygen atoms in total. The van der Waals surface area contributed by atoms with E-state index in [0.717, 1.165) is 4.88 Å². The number of hydrogen-bond acceptors (Lipinski definition) is 4. The maximum Gasteiger partial charge on any atom is 0.315 e. The molecule has 6 heteroatoms. The third-order valence-electron chi connectivity index (χ3n) is 2.84. The second-order valence-corrected chi connectivity index (χ2v) is 6.86. The van der Waals surface area contributed by atoms with Crippen LogP contribution >= 0.6 is 11.3 Å². The molecule has 0 fully saturated rings. The Labute approximate surface area is 130 Å². The van der Waals surface area contributed by atoms with Crippen LogP contribution in [0, 0.1) is 5.92 Å². The molecule has 0 aliphatic carbocycles. The number of thiophene rings is 1. The normalized spacial score (nSPS) is 15.5. The molecule has 1 rings (SSSR count). The van der Waals surface area contributed by atoms with Crippen molar-refractivity contribution in [2.45, 2.75) is 39.3 Å². The summed E-state index contributed by atoms with van der Waals surface area (Å²) in [6.45, 7) is 9.06. The number of aliphatic hydroxyl groups is 1. The van der Waals surface area contributed by atoms with E-state index in [9.17, 15) is 9.90 Å². The van der Waals surface area contributed by atoms with Crippen molar-refractivity contribution in [2.24, 2.45) is 5.92 Å². The highest BCUT2D eigenvalue weighted by atomic mass is 32.1. The molecule has 1 aromatic rings. The number of carbonyl (C=O) groups excluding carboxylic acids is 1. The second kappa shape index (κ2) is 8.36. The lowest BCUT2D eigenvalue weighted by atomic mass is 10.1. The molecule has 0 spiro atoms. The van der Waals surface area contributed by atoms with Crippen molar-refractivity contribution in [1.29, 1.82) is 0 Å². The average molecular weight is 314 g/mol. The molecule has 0 radical (unpaired) electrons. The van der Waals surface area contributed by atoms with Crippen molar-refractivity contribution in [1.82, 2.24) is 10.6 Å². The number of ether oxygens (including phenoxy) is 1. The summed E-state index contributed by atoms with van der Waals surface area (Å²) in [6, 6.07) is 3.36. The molecule has 0 aromatic carbocycles. The highest BCUT2D eigenvalue weighted by Crippen LogP contribution is 2.24. The topological polar surface area (TPSA) is 70.6 Å². The van der Waals surface area contributed by atoms with Gasteiger partial charge in [0.1, 0.15) is 5.60 Å². The van der Waals surface area contributed by atoms with E-state index in [2.05, 4.69) is 24.5 Å². The van der Waals surface area contributed by atoms with Gasteiger partial charge in [-0.2, -0.15) is 0 Å². The Balaban J connectivity index is 2.27. The number of rotatable bonds is 8. The van der Waals surface area contributed by atoms with Gasteiger partial charge in [-0.3, -0.25) is 0 Å². The summed E-state index contributed by atoms with van der Waals surface area (Å²) in [4.78, 5) is 12.6. The van der Waals surface area contributed by atoms with Gasteiger partial charge in [0.25, 0.3) is 0 Å². The largest absolute Gasteiger partial charge is 0.383 e. The van der Waals surface area contributed by atoms with Crippen LogP contribution in [0.4, 0.5) is 4.79 Å². The Bertz CT molecular complexity index is 419. The molecular weight excluding hydrogens is 288 g/mol. The van der Waals surface area contributed by atoms with Crippen molar-refractivity contribution in [3.05, 3.63) is 22.4 Å². The predicted molar refractivity (Wildman–Crippen MR) is 85.5 cm³/mol. The fraction of sp³-hybridized carbons (Fsp3) is 0.667. The fourth-order valence-corrected chi connectivity index (χ4v) is 2.51. The molecule has 0 aliphatic rings. The smallest absolute Gasteiger partial charge is 0.315 e. The monoisotopic (exact) mass is 314 g/mol. The maximum atomic E-state index is 11.8. The zero-order valence-electron chi connectivity index (χ0n) is 13.2. The van der Waals surface area contributed by atoms with E-state index in [4.69, 9.17) is 4.74 Å². The average Bonchev–Trinajstić information content (AvgIpc) is 2.90. The lowest BCUT2D eigenvalue weighted by molar-refractivity contribution is 0.0623. The zero-order chi connectivity index (χ0) is 15.9. The molecule has 120 valence electrons. The van der Waals surface area contributed by atoms with Crippen molar-refractivity contribution in [3.8, 4) is 0 Å². The van der Waals surface area contributed by atoms with E-state index >= 15 is 0 Å². The standard InChI is InChI=1S/C15H26N2O3S/c1-11(2)8-20-9-12(3)17-14(18)16-10-15(4,19)13-6-5-7-21-13/h5-7,11-12,19H,8-10H2,1-4H3,(H2,16,17,18). The third kappa shape index (κ3) is 6.93. The van der Waals surface area contributed by atoms with Crippen LogP contribution in [0.15, 0.2) is 17.5 Å². The van der Waals surface area contributed by atoms with Crippen molar-refractivity contribution >= 4 is 17.4 Å². The van der Waals surface area contributed by atoms with Crippen LogP contribution in [0.25, 0.3) is 0 Å². The Morgan fingerprint density at radius 1 is 1.43 bits per heavy atom. The predicted octanol–water partition coefficient (Wildman–Crippen LogP) is 2.32. The van der Waals surface area contributed by atoms with Crippen LogP contribution in [0.3, 0.4) is 0 Å². The molecular formula is C15H26N2O3S. The lowest BCUT2D eigenvalue weighted by Gasteiger charge is -2.23. The first kappa shape index (κ1) is 17.9. The van der Waals surface area contributed by atoms with Gasteiger partial charge < -0.3 is 20.5 Å². The molecule has 2 atom stereocenters.